The maximum atomic E-state index is 13.1. The quantitative estimate of drug-likeness (QED) is 0.0656. The molecule has 0 bridgehead atoms. The van der Waals surface area contributed by atoms with Crippen LogP contribution >= 0.6 is 0 Å². The number of fused-ring (bicyclic) bond motifs is 2. The van der Waals surface area contributed by atoms with E-state index in [1.54, 1.807) is 12.1 Å². The summed E-state index contributed by atoms with van der Waals surface area (Å²) in [5, 5.41) is 28.7. The largest absolute Gasteiger partial charge is 0.478 e. The predicted octanol–water partition coefficient (Wildman–Crippen LogP) is 5.66. The van der Waals surface area contributed by atoms with E-state index in [9.17, 15) is 24.6 Å². The lowest BCUT2D eigenvalue weighted by Gasteiger charge is -2.28. The van der Waals surface area contributed by atoms with Crippen LogP contribution in [-0.4, -0.2) is 74.9 Å². The van der Waals surface area contributed by atoms with Crippen molar-refractivity contribution in [3.63, 3.8) is 0 Å². The van der Waals surface area contributed by atoms with Gasteiger partial charge >= 0.3 is 5.97 Å². The number of amides is 2. The maximum absolute atomic E-state index is 13.1. The van der Waals surface area contributed by atoms with Gasteiger partial charge in [0, 0.05) is 67.1 Å². The molecular weight excluding hydrogens is 632 g/mol. The van der Waals surface area contributed by atoms with E-state index in [-0.39, 0.29) is 29.4 Å². The first-order chi connectivity index (χ1) is 24.0. The summed E-state index contributed by atoms with van der Waals surface area (Å²) in [4.78, 5) is 40.2. The van der Waals surface area contributed by atoms with Crippen LogP contribution in [0.2, 0.25) is 0 Å². The second-order valence-electron chi connectivity index (χ2n) is 13.7. The molecular formula is C40H49N4O6+. The molecule has 0 fully saturated rings. The fourth-order valence-electron chi connectivity index (χ4n) is 6.55. The molecule has 0 aromatic heterocycles. The van der Waals surface area contributed by atoms with E-state index < -0.39 is 11.6 Å². The minimum absolute atomic E-state index is 0.0242. The Bertz CT molecular complexity index is 1940. The second kappa shape index (κ2) is 16.2. The number of aliphatic hydroxyl groups is 1. The molecule has 1 heterocycles. The monoisotopic (exact) mass is 681 g/mol. The highest BCUT2D eigenvalue weighted by atomic mass is 16.4. The summed E-state index contributed by atoms with van der Waals surface area (Å²) in [5.41, 5.74) is 2.91. The molecule has 2 amide bonds. The summed E-state index contributed by atoms with van der Waals surface area (Å²) in [5.74, 6) is -0.992. The summed E-state index contributed by atoms with van der Waals surface area (Å²) >= 11 is 0. The maximum Gasteiger partial charge on any atom is 0.336 e. The highest BCUT2D eigenvalue weighted by Gasteiger charge is 2.29. The number of allylic oxidation sites excluding steroid dienone is 2. The Morgan fingerprint density at radius 2 is 1.62 bits per heavy atom. The first-order valence-electron chi connectivity index (χ1n) is 17.4. The minimum Gasteiger partial charge on any atom is -0.478 e. The van der Waals surface area contributed by atoms with Gasteiger partial charge in [0.05, 0.1) is 23.7 Å². The smallest absolute Gasteiger partial charge is 0.336 e. The van der Waals surface area contributed by atoms with Gasteiger partial charge in [0.1, 0.15) is 25.4 Å². The van der Waals surface area contributed by atoms with Gasteiger partial charge in [0.2, 0.25) is 11.3 Å². The molecule has 2 aromatic carbocycles. The van der Waals surface area contributed by atoms with E-state index in [2.05, 4.69) is 22.8 Å². The van der Waals surface area contributed by atoms with E-state index in [0.29, 0.717) is 49.3 Å². The van der Waals surface area contributed by atoms with Gasteiger partial charge in [-0.25, -0.2) is 9.37 Å². The van der Waals surface area contributed by atoms with Crippen molar-refractivity contribution < 1.29 is 29.0 Å². The number of hydrogen-bond donors (Lipinski definition) is 4. The Kier molecular flexibility index (Phi) is 11.7. The van der Waals surface area contributed by atoms with Gasteiger partial charge in [-0.3, -0.25) is 9.59 Å². The normalized spacial score (nSPS) is 16.7. The van der Waals surface area contributed by atoms with Gasteiger partial charge in [-0.2, -0.15) is 0 Å². The number of rotatable bonds is 12. The van der Waals surface area contributed by atoms with Crippen LogP contribution < -0.4 is 25.5 Å². The Balaban J connectivity index is 1.25. The van der Waals surface area contributed by atoms with E-state index in [0.717, 1.165) is 59.7 Å². The predicted molar refractivity (Wildman–Crippen MR) is 198 cm³/mol. The standard InChI is InChI=1S/C40H48N4O6/c1-43(2)28-14-17-31-34(24-28)50-35-25-29(44(3)4)15-18-32(35)37(31)30-16-13-27(23-33(30)39(47)48)38(46)42-22-12-8-11-21-41-36(45)26-40(49)19-9-6-5-7-10-20-40/h5-6,13-18,23-25,49H,7-12,19-22,26H2,1-4H3,(H2-,41,42,45,46,47,48)/p+1/b6-5-/t40-/m0/s1. The molecule has 0 spiro atoms. The lowest BCUT2D eigenvalue weighted by atomic mass is 9.86. The van der Waals surface area contributed by atoms with Crippen molar-refractivity contribution in [1.82, 2.24) is 15.2 Å². The number of nitrogens with one attached hydrogen (secondary N) is 2. The topological polar surface area (TPSA) is 135 Å². The Hall–Kier alpha value is -4.96. The van der Waals surface area contributed by atoms with Crippen molar-refractivity contribution >= 4 is 34.4 Å². The number of anilines is 1. The van der Waals surface area contributed by atoms with Crippen LogP contribution in [0.3, 0.4) is 0 Å². The van der Waals surface area contributed by atoms with Crippen LogP contribution in [0, 0.1) is 0 Å². The molecule has 0 unspecified atom stereocenters. The Morgan fingerprint density at radius 1 is 0.880 bits per heavy atom. The van der Waals surface area contributed by atoms with Gasteiger partial charge in [0.25, 0.3) is 5.91 Å². The third-order valence-electron chi connectivity index (χ3n) is 9.41. The number of hydrogen-bond acceptors (Lipinski definition) is 6. The van der Waals surface area contributed by atoms with Crippen LogP contribution in [0.1, 0.15) is 78.5 Å². The number of nitrogens with zero attached hydrogens (tertiary/aromatic N) is 2. The molecule has 1 atom stereocenters. The van der Waals surface area contributed by atoms with Gasteiger partial charge in [0.15, 0.2) is 0 Å². The van der Waals surface area contributed by atoms with Crippen LogP contribution in [-0.2, 0) is 4.79 Å². The molecule has 264 valence electrons. The van der Waals surface area contributed by atoms with Gasteiger partial charge in [-0.05, 0) is 87.3 Å². The molecule has 1 aliphatic heterocycles. The SMILES string of the molecule is CN(C)c1ccc2c(-c3ccc(C(=O)NCCCCCNC(=O)C[C@]4(O)CC/C=C\CCC4)cc3C(=O)O)c3ccc(=[N+](C)C)cc-3oc2c1. The van der Waals surface area contributed by atoms with Crippen molar-refractivity contribution in [2.24, 2.45) is 0 Å². The van der Waals surface area contributed by atoms with Crippen LogP contribution in [0.15, 0.2) is 71.2 Å². The summed E-state index contributed by atoms with van der Waals surface area (Å²) in [6, 6.07) is 16.5. The molecule has 3 aliphatic rings. The zero-order chi connectivity index (χ0) is 35.8. The molecule has 4 N–H and O–H groups in total. The molecule has 0 saturated heterocycles. The van der Waals surface area contributed by atoms with Crippen molar-refractivity contribution in [2.45, 2.75) is 63.4 Å². The average Bonchev–Trinajstić information content (AvgIpc) is 3.07. The van der Waals surface area contributed by atoms with Gasteiger partial charge < -0.3 is 30.2 Å². The lowest BCUT2D eigenvalue weighted by molar-refractivity contribution is -0.126. The molecule has 10 heteroatoms. The average molecular weight is 682 g/mol. The van der Waals surface area contributed by atoms with E-state index in [1.165, 1.54) is 6.07 Å². The molecule has 10 nitrogen and oxygen atoms in total. The number of carboxylic acids is 1. The number of unbranched alkanes of at least 4 members (excludes halogenated alkanes) is 2. The van der Waals surface area contributed by atoms with Crippen molar-refractivity contribution in [3.8, 4) is 22.5 Å². The molecule has 50 heavy (non-hydrogen) atoms. The van der Waals surface area contributed by atoms with E-state index >= 15 is 0 Å². The summed E-state index contributed by atoms with van der Waals surface area (Å²) < 4.78 is 8.37. The van der Waals surface area contributed by atoms with E-state index in [4.69, 9.17) is 4.42 Å². The minimum atomic E-state index is -1.13. The van der Waals surface area contributed by atoms with Crippen molar-refractivity contribution in [3.05, 3.63) is 83.2 Å². The number of carboxylic acid groups (broad SMARTS) is 1. The number of aromatic carboxylic acids is 1. The molecule has 0 saturated carbocycles. The van der Waals surface area contributed by atoms with Gasteiger partial charge in [-0.1, -0.05) is 18.2 Å². The van der Waals surface area contributed by atoms with Crippen LogP contribution in [0.4, 0.5) is 5.69 Å². The number of benzene rings is 3. The highest BCUT2D eigenvalue weighted by molar-refractivity contribution is 6.09. The number of carbonyl (C=O) groups is 3. The Morgan fingerprint density at radius 3 is 2.36 bits per heavy atom. The highest BCUT2D eigenvalue weighted by Crippen LogP contribution is 2.42. The van der Waals surface area contributed by atoms with Crippen molar-refractivity contribution in [2.75, 3.05) is 46.2 Å². The zero-order valence-corrected chi connectivity index (χ0v) is 29.6. The summed E-state index contributed by atoms with van der Waals surface area (Å²) in [7, 11) is 7.80. The first kappa shape index (κ1) is 36.3. The first-order valence-corrected chi connectivity index (χ1v) is 17.4. The third-order valence-corrected chi connectivity index (χ3v) is 9.41. The summed E-state index contributed by atoms with van der Waals surface area (Å²) in [6.07, 6.45) is 10.4. The molecule has 5 rings (SSSR count). The molecule has 2 aliphatic carbocycles. The third kappa shape index (κ3) is 8.79. The van der Waals surface area contributed by atoms with Gasteiger partial charge in [-0.15, -0.1) is 0 Å². The van der Waals surface area contributed by atoms with Crippen LogP contribution in [0.25, 0.3) is 33.4 Å². The molecule has 0 radical (unpaired) electrons. The lowest BCUT2D eigenvalue weighted by Crippen LogP contribution is -2.37. The molecule has 2 aromatic rings. The summed E-state index contributed by atoms with van der Waals surface area (Å²) in [6.45, 7) is 0.928. The Labute approximate surface area is 293 Å². The fraction of sp³-hybridized carbons (Fsp3) is 0.400. The van der Waals surface area contributed by atoms with Crippen LogP contribution in [0.5, 0.6) is 0 Å². The van der Waals surface area contributed by atoms with E-state index in [1.807, 2.05) is 74.1 Å². The zero-order valence-electron chi connectivity index (χ0n) is 29.6. The van der Waals surface area contributed by atoms with Crippen molar-refractivity contribution in [1.29, 1.82) is 0 Å². The fourth-order valence-corrected chi connectivity index (χ4v) is 6.55. The number of carbonyl (C=O) groups excluding carboxylic acids is 2. The second-order valence-corrected chi connectivity index (χ2v) is 13.7.